The Balaban J connectivity index is 2.76. The topological polar surface area (TPSA) is 72.6 Å². The molecule has 0 fully saturated rings. The van der Waals surface area contributed by atoms with Crippen molar-refractivity contribution in [3.05, 3.63) is 29.3 Å². The highest BCUT2D eigenvalue weighted by atomic mass is 19.4. The molecule has 28 heavy (non-hydrogen) atoms. The van der Waals surface area contributed by atoms with Gasteiger partial charge in [0.15, 0.2) is 0 Å². The largest absolute Gasteiger partial charge is 0.493 e. The molecule has 0 saturated carbocycles. The van der Waals surface area contributed by atoms with Gasteiger partial charge in [0.05, 0.1) is 18.8 Å². The third-order valence-electron chi connectivity index (χ3n) is 4.84. The maximum atomic E-state index is 13.4. The van der Waals surface area contributed by atoms with Gasteiger partial charge in [0.1, 0.15) is 12.0 Å². The first-order chi connectivity index (χ1) is 13.3. The van der Waals surface area contributed by atoms with Gasteiger partial charge < -0.3 is 20.4 Å². The summed E-state index contributed by atoms with van der Waals surface area (Å²) in [6.07, 6.45) is 2.20. The Hall–Kier alpha value is -1.60. The number of hydrogen-bond donors (Lipinski definition) is 2. The Kier molecular flexibility index (Phi) is 10.5. The summed E-state index contributed by atoms with van der Waals surface area (Å²) in [6.45, 7) is 2.03. The van der Waals surface area contributed by atoms with Crippen LogP contribution in [0.3, 0.4) is 0 Å². The molecule has 1 rings (SSSR count). The van der Waals surface area contributed by atoms with Crippen LogP contribution < -0.4 is 10.5 Å². The average Bonchev–Trinajstić information content (AvgIpc) is 2.67. The summed E-state index contributed by atoms with van der Waals surface area (Å²) >= 11 is 0. The van der Waals surface area contributed by atoms with Crippen LogP contribution in [-0.4, -0.2) is 30.1 Å². The zero-order valence-corrected chi connectivity index (χ0v) is 16.6. The van der Waals surface area contributed by atoms with Crippen molar-refractivity contribution in [3.8, 4) is 5.75 Å². The second kappa shape index (κ2) is 12.1. The van der Waals surface area contributed by atoms with Crippen molar-refractivity contribution in [3.63, 3.8) is 0 Å². The molecule has 0 aliphatic heterocycles. The summed E-state index contributed by atoms with van der Waals surface area (Å²) in [5, 5.41) is 9.45. The van der Waals surface area contributed by atoms with Crippen molar-refractivity contribution < 1.29 is 27.8 Å². The van der Waals surface area contributed by atoms with Crippen LogP contribution in [0.15, 0.2) is 18.2 Å². The van der Waals surface area contributed by atoms with Gasteiger partial charge >= 0.3 is 6.18 Å². The number of carbonyl (C=O) groups excluding carboxylic acids is 1. The number of ether oxygens (including phenoxy) is 1. The molecule has 160 valence electrons. The van der Waals surface area contributed by atoms with Gasteiger partial charge in [-0.25, -0.2) is 0 Å². The monoisotopic (exact) mass is 403 g/mol. The van der Waals surface area contributed by atoms with Crippen molar-refractivity contribution in [2.75, 3.05) is 13.2 Å². The Labute approximate surface area is 165 Å². The molecular weight excluding hydrogens is 371 g/mol. The Morgan fingerprint density at radius 1 is 1.14 bits per heavy atom. The van der Waals surface area contributed by atoms with Gasteiger partial charge in [0, 0.05) is 12.0 Å². The number of carbonyl (C=O) groups is 1. The standard InChI is InChI=1S/C21H32F3NO3/c1-2-3-4-5-6-14-28-19-9-8-17(15-18(19)21(22,23)24)10-12-20(25,16-27)11-7-13-26/h8-9,13,15,27H,2-7,10-12,14,16,25H2,1H3. The Morgan fingerprint density at radius 2 is 1.86 bits per heavy atom. The van der Waals surface area contributed by atoms with E-state index in [9.17, 15) is 23.1 Å². The molecule has 3 N–H and O–H groups in total. The number of benzene rings is 1. The van der Waals surface area contributed by atoms with Crippen LogP contribution in [0.5, 0.6) is 5.75 Å². The molecule has 0 spiro atoms. The number of alkyl halides is 3. The number of halogens is 3. The number of hydrogen-bond acceptors (Lipinski definition) is 4. The van der Waals surface area contributed by atoms with E-state index in [1.165, 1.54) is 6.07 Å². The maximum absolute atomic E-state index is 13.4. The second-order valence-corrected chi connectivity index (χ2v) is 7.32. The third kappa shape index (κ3) is 8.61. The number of aliphatic hydroxyl groups excluding tert-OH is 1. The molecule has 0 saturated heterocycles. The predicted octanol–water partition coefficient (Wildman–Crippen LogP) is 4.66. The van der Waals surface area contributed by atoms with Crippen molar-refractivity contribution in [2.24, 2.45) is 5.73 Å². The molecule has 0 amide bonds. The zero-order valence-electron chi connectivity index (χ0n) is 16.6. The zero-order chi connectivity index (χ0) is 21.0. The first-order valence-corrected chi connectivity index (χ1v) is 9.92. The van der Waals surface area contributed by atoms with Gasteiger partial charge in [0.25, 0.3) is 0 Å². The summed E-state index contributed by atoms with van der Waals surface area (Å²) in [4.78, 5) is 10.5. The van der Waals surface area contributed by atoms with Gasteiger partial charge in [0.2, 0.25) is 0 Å². The fraction of sp³-hybridized carbons (Fsp3) is 0.667. The van der Waals surface area contributed by atoms with Crippen molar-refractivity contribution in [1.29, 1.82) is 0 Å². The SMILES string of the molecule is CCCCCCCOc1ccc(CCC(N)(CO)CCC=O)cc1C(F)(F)F. The van der Waals surface area contributed by atoms with E-state index in [4.69, 9.17) is 10.5 Å². The molecule has 0 bridgehead atoms. The fourth-order valence-electron chi connectivity index (χ4n) is 2.99. The predicted molar refractivity (Wildman–Crippen MR) is 103 cm³/mol. The molecule has 4 nitrogen and oxygen atoms in total. The molecule has 1 unspecified atom stereocenters. The lowest BCUT2D eigenvalue weighted by atomic mass is 9.88. The smallest absolute Gasteiger partial charge is 0.419 e. The van der Waals surface area contributed by atoms with Gasteiger partial charge in [-0.15, -0.1) is 0 Å². The second-order valence-electron chi connectivity index (χ2n) is 7.32. The van der Waals surface area contributed by atoms with Crippen LogP contribution in [0.1, 0.15) is 69.4 Å². The average molecular weight is 403 g/mol. The van der Waals surface area contributed by atoms with Crippen molar-refractivity contribution >= 4 is 6.29 Å². The van der Waals surface area contributed by atoms with Crippen LogP contribution in [0.25, 0.3) is 0 Å². The molecule has 7 heteroatoms. The minimum Gasteiger partial charge on any atom is -0.493 e. The highest BCUT2D eigenvalue weighted by Gasteiger charge is 2.35. The lowest BCUT2D eigenvalue weighted by Crippen LogP contribution is -2.44. The normalized spacial score (nSPS) is 13.9. The number of unbranched alkanes of at least 4 members (excludes halogenated alkanes) is 4. The number of nitrogens with two attached hydrogens (primary N) is 1. The summed E-state index contributed by atoms with van der Waals surface area (Å²) in [7, 11) is 0. The van der Waals surface area contributed by atoms with E-state index in [1.54, 1.807) is 6.07 Å². The van der Waals surface area contributed by atoms with E-state index in [2.05, 4.69) is 6.92 Å². The lowest BCUT2D eigenvalue weighted by molar-refractivity contribution is -0.139. The maximum Gasteiger partial charge on any atom is 0.419 e. The van der Waals surface area contributed by atoms with E-state index in [0.29, 0.717) is 18.3 Å². The lowest BCUT2D eigenvalue weighted by Gasteiger charge is -2.26. The molecule has 0 heterocycles. The fourth-order valence-corrected chi connectivity index (χ4v) is 2.99. The first kappa shape index (κ1) is 24.4. The minimum absolute atomic E-state index is 0.158. The quantitative estimate of drug-likeness (QED) is 0.350. The molecule has 0 radical (unpaired) electrons. The van der Waals surface area contributed by atoms with E-state index in [-0.39, 0.29) is 38.2 Å². The summed E-state index contributed by atoms with van der Waals surface area (Å²) in [5.41, 5.74) is 4.74. The van der Waals surface area contributed by atoms with Gasteiger partial charge in [-0.2, -0.15) is 13.2 Å². The molecule has 0 aromatic heterocycles. The van der Waals surface area contributed by atoms with E-state index in [0.717, 1.165) is 38.2 Å². The van der Waals surface area contributed by atoms with E-state index >= 15 is 0 Å². The van der Waals surface area contributed by atoms with Crippen molar-refractivity contribution in [2.45, 2.75) is 76.4 Å². The number of aldehydes is 1. The van der Waals surface area contributed by atoms with Crippen LogP contribution >= 0.6 is 0 Å². The third-order valence-corrected chi connectivity index (χ3v) is 4.84. The molecule has 0 aliphatic rings. The molecule has 1 aromatic carbocycles. The summed E-state index contributed by atoms with van der Waals surface area (Å²) in [6, 6.07) is 4.04. The highest BCUT2D eigenvalue weighted by molar-refractivity contribution is 5.49. The molecule has 1 atom stereocenters. The van der Waals surface area contributed by atoms with Gasteiger partial charge in [-0.05, 0) is 43.4 Å². The van der Waals surface area contributed by atoms with E-state index in [1.807, 2.05) is 0 Å². The summed E-state index contributed by atoms with van der Waals surface area (Å²) in [5.74, 6) is -0.158. The van der Waals surface area contributed by atoms with Crippen LogP contribution in [0.2, 0.25) is 0 Å². The first-order valence-electron chi connectivity index (χ1n) is 9.92. The van der Waals surface area contributed by atoms with Gasteiger partial charge in [-0.3, -0.25) is 0 Å². The number of aliphatic hydroxyl groups is 1. The van der Waals surface area contributed by atoms with Gasteiger partial charge in [-0.1, -0.05) is 38.7 Å². The Morgan fingerprint density at radius 3 is 2.46 bits per heavy atom. The highest BCUT2D eigenvalue weighted by Crippen LogP contribution is 2.37. The Bertz CT molecular complexity index is 593. The molecular formula is C21H32F3NO3. The molecule has 0 aliphatic carbocycles. The number of aryl methyl sites for hydroxylation is 1. The van der Waals surface area contributed by atoms with Crippen LogP contribution in [0.4, 0.5) is 13.2 Å². The van der Waals surface area contributed by atoms with Crippen molar-refractivity contribution in [1.82, 2.24) is 0 Å². The number of rotatable bonds is 14. The molecule has 1 aromatic rings. The van der Waals surface area contributed by atoms with E-state index < -0.39 is 17.3 Å². The minimum atomic E-state index is -4.51. The van der Waals surface area contributed by atoms with Crippen LogP contribution in [0, 0.1) is 0 Å². The van der Waals surface area contributed by atoms with Crippen LogP contribution in [-0.2, 0) is 17.4 Å². The summed E-state index contributed by atoms with van der Waals surface area (Å²) < 4.78 is 45.7.